The lowest BCUT2D eigenvalue weighted by atomic mass is 10.2. The number of benzene rings is 2. The summed E-state index contributed by atoms with van der Waals surface area (Å²) in [5.41, 5.74) is -0.273. The Hall–Kier alpha value is -2.76. The lowest BCUT2D eigenvalue weighted by molar-refractivity contribution is -0.387. The quantitative estimate of drug-likeness (QED) is 0.231. The normalized spacial score (nSPS) is 15.9. The minimum Gasteiger partial charge on any atom is -0.378 e. The van der Waals surface area contributed by atoms with E-state index >= 15 is 0 Å². The van der Waals surface area contributed by atoms with Crippen LogP contribution in [0.3, 0.4) is 0 Å². The van der Waals surface area contributed by atoms with Gasteiger partial charge in [-0.3, -0.25) is 19.8 Å². The smallest absolute Gasteiger partial charge is 0.346 e. The molecule has 0 N–H and O–H groups in total. The van der Waals surface area contributed by atoms with Crippen molar-refractivity contribution in [2.45, 2.75) is 4.90 Å². The molecule has 144 valence electrons. The van der Waals surface area contributed by atoms with Crippen molar-refractivity contribution in [1.29, 1.82) is 0 Å². The zero-order valence-corrected chi connectivity index (χ0v) is 16.7. The molecule has 0 radical (unpaired) electrons. The molecular formula is C17H12N2O6S3. The van der Waals surface area contributed by atoms with Crippen molar-refractivity contribution in [3.63, 3.8) is 0 Å². The van der Waals surface area contributed by atoms with Crippen LogP contribution in [-0.2, 0) is 14.9 Å². The van der Waals surface area contributed by atoms with Crippen LogP contribution < -0.4 is 4.18 Å². The van der Waals surface area contributed by atoms with Crippen LogP contribution in [0.15, 0.2) is 58.3 Å². The van der Waals surface area contributed by atoms with E-state index in [9.17, 15) is 23.3 Å². The first-order chi connectivity index (χ1) is 13.2. The van der Waals surface area contributed by atoms with Crippen LogP contribution in [0, 0.1) is 10.1 Å². The molecule has 0 unspecified atom stereocenters. The van der Waals surface area contributed by atoms with Crippen molar-refractivity contribution in [2.75, 3.05) is 7.05 Å². The monoisotopic (exact) mass is 436 g/mol. The van der Waals surface area contributed by atoms with Gasteiger partial charge < -0.3 is 4.18 Å². The average molecular weight is 436 g/mol. The number of nitro groups is 1. The Balaban J connectivity index is 2.00. The molecule has 1 amide bonds. The number of likely N-dealkylation sites (N-methyl/N-ethyl adjacent to an activating group) is 1. The first-order valence-corrected chi connectivity index (χ1v) is 10.3. The van der Waals surface area contributed by atoms with Crippen molar-refractivity contribution in [3.05, 3.63) is 69.1 Å². The number of thiocarbonyl (C=S) groups is 1. The number of rotatable bonds is 5. The number of amides is 1. The van der Waals surface area contributed by atoms with Gasteiger partial charge in [0.25, 0.3) is 11.6 Å². The topological polar surface area (TPSA) is 107 Å². The van der Waals surface area contributed by atoms with Gasteiger partial charge in [0, 0.05) is 18.7 Å². The van der Waals surface area contributed by atoms with Crippen LogP contribution in [0.25, 0.3) is 6.08 Å². The summed E-state index contributed by atoms with van der Waals surface area (Å²) in [6.45, 7) is 0. The molecule has 11 heteroatoms. The summed E-state index contributed by atoms with van der Waals surface area (Å²) in [5.74, 6) is -0.381. The molecule has 0 aliphatic carbocycles. The lowest BCUT2D eigenvalue weighted by Gasteiger charge is -2.10. The number of nitro benzene ring substituents is 1. The summed E-state index contributed by atoms with van der Waals surface area (Å²) in [4.78, 5) is 23.6. The predicted molar refractivity (Wildman–Crippen MR) is 108 cm³/mol. The average Bonchev–Trinajstić information content (AvgIpc) is 2.90. The molecular weight excluding hydrogens is 424 g/mol. The third kappa shape index (κ3) is 3.91. The highest BCUT2D eigenvalue weighted by atomic mass is 32.2. The van der Waals surface area contributed by atoms with Crippen molar-refractivity contribution in [2.24, 2.45) is 0 Å². The van der Waals surface area contributed by atoms with Crippen molar-refractivity contribution < 1.29 is 22.3 Å². The zero-order chi connectivity index (χ0) is 20.5. The molecule has 2 aromatic rings. The molecule has 28 heavy (non-hydrogen) atoms. The van der Waals surface area contributed by atoms with Crippen molar-refractivity contribution >= 4 is 56.1 Å². The van der Waals surface area contributed by atoms with Gasteiger partial charge >= 0.3 is 10.1 Å². The number of nitrogens with zero attached hydrogens (tertiary/aromatic N) is 2. The number of hydrogen-bond donors (Lipinski definition) is 0. The van der Waals surface area contributed by atoms with E-state index in [0.717, 1.165) is 23.9 Å². The fourth-order valence-electron chi connectivity index (χ4n) is 2.34. The van der Waals surface area contributed by atoms with Gasteiger partial charge in [0.1, 0.15) is 10.1 Å². The largest absolute Gasteiger partial charge is 0.378 e. The van der Waals surface area contributed by atoms with E-state index in [1.165, 1.54) is 29.2 Å². The van der Waals surface area contributed by atoms with Gasteiger partial charge in [0.15, 0.2) is 4.90 Å². The number of hydrogen-bond acceptors (Lipinski definition) is 8. The summed E-state index contributed by atoms with van der Waals surface area (Å²) in [7, 11) is -2.94. The van der Waals surface area contributed by atoms with Crippen molar-refractivity contribution in [1.82, 2.24) is 4.90 Å². The molecule has 0 saturated carbocycles. The van der Waals surface area contributed by atoms with Gasteiger partial charge in [-0.25, -0.2) is 0 Å². The second-order valence-corrected chi connectivity index (χ2v) is 8.73. The first kappa shape index (κ1) is 20.0. The maximum Gasteiger partial charge on any atom is 0.346 e. The second kappa shape index (κ2) is 7.70. The van der Waals surface area contributed by atoms with E-state index in [-0.39, 0.29) is 11.7 Å². The summed E-state index contributed by atoms with van der Waals surface area (Å²) in [5, 5.41) is 11.1. The Bertz CT molecular complexity index is 1130. The highest BCUT2D eigenvalue weighted by molar-refractivity contribution is 8.26. The second-order valence-electron chi connectivity index (χ2n) is 5.54. The molecule has 0 aromatic heterocycles. The van der Waals surface area contributed by atoms with E-state index < -0.39 is 25.6 Å². The summed E-state index contributed by atoms with van der Waals surface area (Å²) < 4.78 is 30.8. The van der Waals surface area contributed by atoms with Gasteiger partial charge in [-0.1, -0.05) is 54.3 Å². The molecule has 3 rings (SSSR count). The number of carbonyl (C=O) groups excluding carboxylic acids is 1. The van der Waals surface area contributed by atoms with E-state index in [2.05, 4.69) is 0 Å². The Kier molecular flexibility index (Phi) is 5.49. The molecule has 1 aliphatic rings. The minimum atomic E-state index is -4.48. The fourth-order valence-corrected chi connectivity index (χ4v) is 4.64. The van der Waals surface area contributed by atoms with E-state index in [1.54, 1.807) is 25.2 Å². The Morgan fingerprint density at radius 3 is 2.46 bits per heavy atom. The van der Waals surface area contributed by atoms with Gasteiger partial charge in [-0.15, -0.1) is 0 Å². The molecule has 2 aromatic carbocycles. The fraction of sp³-hybridized carbons (Fsp3) is 0.0588. The van der Waals surface area contributed by atoms with Crippen LogP contribution in [0.2, 0.25) is 0 Å². The van der Waals surface area contributed by atoms with E-state index in [0.29, 0.717) is 14.8 Å². The molecule has 0 spiro atoms. The number of para-hydroxylation sites is 2. The molecule has 1 heterocycles. The van der Waals surface area contributed by atoms with Crippen LogP contribution in [-0.4, -0.2) is 35.5 Å². The standard InChI is InChI=1S/C17H12N2O6S3/c1-18-16(20)14(27-17(18)26)10-11-6-2-4-8-13(11)25-28(23,24)15-9-5-3-7-12(15)19(21)22/h2-10H,1H3/b14-10-. The van der Waals surface area contributed by atoms with E-state index in [4.69, 9.17) is 16.4 Å². The van der Waals surface area contributed by atoms with E-state index in [1.807, 2.05) is 0 Å². The number of thioether (sulfide) groups is 1. The number of carbonyl (C=O) groups is 1. The maximum atomic E-state index is 12.6. The molecule has 1 saturated heterocycles. The SMILES string of the molecule is CN1C(=O)/C(=C/c2ccccc2OS(=O)(=O)c2ccccc2[N+](=O)[O-])SC1=S. The third-order valence-corrected chi connectivity index (χ3v) is 6.49. The lowest BCUT2D eigenvalue weighted by Crippen LogP contribution is -2.22. The van der Waals surface area contributed by atoms with Crippen LogP contribution >= 0.6 is 24.0 Å². The molecule has 0 atom stereocenters. The predicted octanol–water partition coefficient (Wildman–Crippen LogP) is 3.19. The minimum absolute atomic E-state index is 0.0676. The third-order valence-electron chi connectivity index (χ3n) is 3.72. The van der Waals surface area contributed by atoms with Crippen LogP contribution in [0.4, 0.5) is 5.69 Å². The van der Waals surface area contributed by atoms with Crippen LogP contribution in [0.1, 0.15) is 5.56 Å². The Morgan fingerprint density at radius 2 is 1.82 bits per heavy atom. The summed E-state index contributed by atoms with van der Waals surface area (Å²) in [6.07, 6.45) is 1.47. The molecule has 0 bridgehead atoms. The zero-order valence-electron chi connectivity index (χ0n) is 14.3. The Labute approximate surface area is 170 Å². The van der Waals surface area contributed by atoms with Gasteiger partial charge in [0.05, 0.1) is 9.83 Å². The Morgan fingerprint density at radius 1 is 1.18 bits per heavy atom. The highest BCUT2D eigenvalue weighted by Crippen LogP contribution is 2.34. The van der Waals surface area contributed by atoms with Crippen LogP contribution in [0.5, 0.6) is 5.75 Å². The molecule has 1 fully saturated rings. The first-order valence-electron chi connectivity index (χ1n) is 7.69. The summed E-state index contributed by atoms with van der Waals surface area (Å²) >= 11 is 6.15. The van der Waals surface area contributed by atoms with Gasteiger partial charge in [0.2, 0.25) is 0 Å². The van der Waals surface area contributed by atoms with Gasteiger partial charge in [-0.05, 0) is 18.2 Å². The molecule has 8 nitrogen and oxygen atoms in total. The molecule has 1 aliphatic heterocycles. The maximum absolute atomic E-state index is 12.6. The summed E-state index contributed by atoms with van der Waals surface area (Å²) in [6, 6.07) is 11.0. The van der Waals surface area contributed by atoms with Gasteiger partial charge in [-0.2, -0.15) is 8.42 Å². The highest BCUT2D eigenvalue weighted by Gasteiger charge is 2.30. The van der Waals surface area contributed by atoms with Crippen molar-refractivity contribution in [3.8, 4) is 5.75 Å².